The molecule has 13 heavy (non-hydrogen) atoms. The molecule has 0 aliphatic heterocycles. The highest BCUT2D eigenvalue weighted by molar-refractivity contribution is 7.13. The lowest BCUT2D eigenvalue weighted by molar-refractivity contribution is -0.139. The predicted octanol–water partition coefficient (Wildman–Crippen LogP) is -2.12. The first kappa shape index (κ1) is 12.7. The Hall–Kier alpha value is -0.260. The molecular formula is C6H14NO5P. The van der Waals surface area contributed by atoms with E-state index in [0.717, 1.165) is 4.67 Å². The number of aliphatic hydroxyl groups excluding tert-OH is 3. The van der Waals surface area contributed by atoms with Crippen molar-refractivity contribution in [2.45, 2.75) is 5.54 Å². The molecule has 6 nitrogen and oxygen atoms in total. The van der Waals surface area contributed by atoms with E-state index in [4.69, 9.17) is 20.4 Å². The molecule has 1 atom stereocenters. The summed E-state index contributed by atoms with van der Waals surface area (Å²) in [6, 6.07) is 0. The van der Waals surface area contributed by atoms with Gasteiger partial charge in [-0.2, -0.15) is 0 Å². The molecule has 0 spiro atoms. The number of carboxylic acid groups (broad SMARTS) is 1. The second-order valence-electron chi connectivity index (χ2n) is 2.72. The Bertz CT molecular complexity index is 164. The Morgan fingerprint density at radius 2 is 1.62 bits per heavy atom. The molecule has 0 aliphatic rings. The largest absolute Gasteiger partial charge is 0.480 e. The van der Waals surface area contributed by atoms with E-state index < -0.39 is 31.3 Å². The van der Waals surface area contributed by atoms with E-state index in [0.29, 0.717) is 0 Å². The fraction of sp³-hybridized carbons (Fsp3) is 0.833. The topological polar surface area (TPSA) is 101 Å². The first-order valence-corrected chi connectivity index (χ1v) is 4.11. The van der Waals surface area contributed by atoms with Crippen molar-refractivity contribution in [3.05, 3.63) is 0 Å². The summed E-state index contributed by atoms with van der Waals surface area (Å²) in [7, 11) is 2.05. The lowest BCUT2D eigenvalue weighted by Gasteiger charge is -2.35. The van der Waals surface area contributed by atoms with Crippen molar-refractivity contribution in [1.82, 2.24) is 4.67 Å². The van der Waals surface area contributed by atoms with E-state index >= 15 is 0 Å². The highest BCUT2D eigenvalue weighted by Crippen LogP contribution is 2.18. The van der Waals surface area contributed by atoms with Gasteiger partial charge in [0, 0.05) is 0 Å². The Kier molecular flexibility index (Phi) is 5.36. The van der Waals surface area contributed by atoms with Crippen molar-refractivity contribution in [1.29, 1.82) is 0 Å². The molecule has 0 saturated carbocycles. The number of carbonyl (C=O) groups is 1. The monoisotopic (exact) mass is 211 g/mol. The lowest BCUT2D eigenvalue weighted by atomic mass is 10.0. The predicted molar refractivity (Wildman–Crippen MR) is 48.0 cm³/mol. The maximum atomic E-state index is 10.3. The van der Waals surface area contributed by atoms with E-state index in [2.05, 4.69) is 9.39 Å². The summed E-state index contributed by atoms with van der Waals surface area (Å²) in [6.45, 7) is -1.93. The third kappa shape index (κ3) is 3.17. The average Bonchev–Trinajstić information content (AvgIpc) is 2.07. The number of aliphatic carboxylic acids is 1. The molecular weight excluding hydrogens is 197 g/mol. The highest BCUT2D eigenvalue weighted by atomic mass is 31.0. The maximum Gasteiger partial charge on any atom is 0.318 e. The number of aliphatic hydroxyl groups is 3. The van der Waals surface area contributed by atoms with Crippen molar-refractivity contribution in [3.8, 4) is 0 Å². The fourth-order valence-corrected chi connectivity index (χ4v) is 1.14. The zero-order valence-electron chi connectivity index (χ0n) is 7.05. The smallest absolute Gasteiger partial charge is 0.318 e. The molecule has 7 heteroatoms. The van der Waals surface area contributed by atoms with Crippen molar-refractivity contribution in [2.75, 3.05) is 26.4 Å². The van der Waals surface area contributed by atoms with E-state index in [9.17, 15) is 4.79 Å². The van der Waals surface area contributed by atoms with Crippen LogP contribution in [0.2, 0.25) is 0 Å². The minimum Gasteiger partial charge on any atom is -0.480 e. The first-order valence-electron chi connectivity index (χ1n) is 3.59. The fourth-order valence-electron chi connectivity index (χ4n) is 0.736. The van der Waals surface area contributed by atoms with Crippen molar-refractivity contribution >= 4 is 15.4 Å². The molecule has 78 valence electrons. The number of carboxylic acids is 1. The Morgan fingerprint density at radius 3 is 1.85 bits per heavy atom. The van der Waals surface area contributed by atoms with Crippen LogP contribution in [0.25, 0.3) is 0 Å². The van der Waals surface area contributed by atoms with Crippen LogP contribution >= 0.6 is 9.39 Å². The van der Waals surface area contributed by atoms with E-state index in [1.807, 2.05) is 0 Å². The summed E-state index contributed by atoms with van der Waals surface area (Å²) in [5.74, 6) is -1.10. The highest BCUT2D eigenvalue weighted by Gasteiger charge is 2.34. The quantitative estimate of drug-likeness (QED) is 0.375. The molecule has 0 rings (SSSR count). The Balaban J connectivity index is 4.43. The molecule has 1 unspecified atom stereocenters. The van der Waals surface area contributed by atoms with Gasteiger partial charge in [0.15, 0.2) is 0 Å². The third-order valence-electron chi connectivity index (χ3n) is 1.80. The summed E-state index contributed by atoms with van der Waals surface area (Å²) in [6.07, 6.45) is 0. The van der Waals surface area contributed by atoms with Gasteiger partial charge in [0.05, 0.1) is 25.4 Å². The number of hydrogen-bond acceptors (Lipinski definition) is 5. The normalized spacial score (nSPS) is 12.1. The van der Waals surface area contributed by atoms with Gasteiger partial charge >= 0.3 is 5.97 Å². The summed E-state index contributed by atoms with van der Waals surface area (Å²) in [5.41, 5.74) is -1.30. The van der Waals surface area contributed by atoms with Crippen LogP contribution < -0.4 is 0 Å². The SMILES string of the molecule is O=C(O)CN(P)C(CO)(CO)CO. The molecule has 0 aromatic heterocycles. The molecule has 0 fully saturated rings. The van der Waals surface area contributed by atoms with Gasteiger partial charge in [0.25, 0.3) is 0 Å². The standard InChI is InChI=1S/C6H14NO5P/c8-2-6(3-9,4-10)7(13)1-5(11)12/h8-10H,1-4,13H2,(H,11,12). The van der Waals surface area contributed by atoms with Crippen LogP contribution in [0.4, 0.5) is 0 Å². The third-order valence-corrected chi connectivity index (χ3v) is 2.53. The van der Waals surface area contributed by atoms with Crippen LogP contribution in [0.15, 0.2) is 0 Å². The second kappa shape index (κ2) is 5.47. The minimum atomic E-state index is -1.30. The molecule has 0 saturated heterocycles. The van der Waals surface area contributed by atoms with E-state index in [1.54, 1.807) is 0 Å². The molecule has 0 aliphatic carbocycles. The van der Waals surface area contributed by atoms with Gasteiger partial charge in [-0.25, -0.2) is 0 Å². The van der Waals surface area contributed by atoms with Crippen molar-refractivity contribution < 1.29 is 25.2 Å². The van der Waals surface area contributed by atoms with Gasteiger partial charge in [-0.05, 0) is 0 Å². The average molecular weight is 211 g/mol. The molecule has 0 bridgehead atoms. The summed E-state index contributed by atoms with van der Waals surface area (Å²) in [5, 5.41) is 35.1. The molecule has 0 aromatic rings. The molecule has 0 radical (unpaired) electrons. The molecule has 0 amide bonds. The van der Waals surface area contributed by atoms with Crippen LogP contribution in [-0.4, -0.2) is 63.0 Å². The van der Waals surface area contributed by atoms with Crippen LogP contribution in [-0.2, 0) is 4.79 Å². The first-order chi connectivity index (χ1) is 6.02. The number of hydrogen-bond donors (Lipinski definition) is 4. The van der Waals surface area contributed by atoms with Crippen LogP contribution in [0, 0.1) is 0 Å². The van der Waals surface area contributed by atoms with E-state index in [1.165, 1.54) is 0 Å². The number of nitrogens with zero attached hydrogens (tertiary/aromatic N) is 1. The summed E-state index contributed by atoms with van der Waals surface area (Å²) in [4.78, 5) is 10.3. The summed E-state index contributed by atoms with van der Waals surface area (Å²) >= 11 is 0. The van der Waals surface area contributed by atoms with Gasteiger partial charge in [-0.3, -0.25) is 9.46 Å². The van der Waals surface area contributed by atoms with Crippen LogP contribution in [0.1, 0.15) is 0 Å². The van der Waals surface area contributed by atoms with Crippen LogP contribution in [0.5, 0.6) is 0 Å². The minimum absolute atomic E-state index is 0.383. The maximum absolute atomic E-state index is 10.3. The molecule has 0 aromatic carbocycles. The Labute approximate surface area is 78.0 Å². The second-order valence-corrected chi connectivity index (χ2v) is 3.34. The van der Waals surface area contributed by atoms with Gasteiger partial charge in [0.2, 0.25) is 0 Å². The van der Waals surface area contributed by atoms with Crippen molar-refractivity contribution in [2.24, 2.45) is 0 Å². The van der Waals surface area contributed by atoms with Gasteiger partial charge in [-0.1, -0.05) is 9.39 Å². The zero-order chi connectivity index (χ0) is 10.5. The zero-order valence-corrected chi connectivity index (χ0v) is 8.20. The van der Waals surface area contributed by atoms with Gasteiger partial charge in [0.1, 0.15) is 6.54 Å². The van der Waals surface area contributed by atoms with Gasteiger partial charge in [-0.15, -0.1) is 0 Å². The lowest BCUT2D eigenvalue weighted by Crippen LogP contribution is -2.54. The number of rotatable bonds is 6. The van der Waals surface area contributed by atoms with Crippen LogP contribution in [0.3, 0.4) is 0 Å². The van der Waals surface area contributed by atoms with Gasteiger partial charge < -0.3 is 20.4 Å². The summed E-state index contributed by atoms with van der Waals surface area (Å²) < 4.78 is 1.12. The Morgan fingerprint density at radius 1 is 1.23 bits per heavy atom. The van der Waals surface area contributed by atoms with E-state index in [-0.39, 0.29) is 6.54 Å². The molecule has 0 heterocycles. The van der Waals surface area contributed by atoms with Crippen molar-refractivity contribution in [3.63, 3.8) is 0 Å². The molecule has 4 N–H and O–H groups in total.